The number of aliphatic carboxylic acids is 1. The van der Waals surface area contributed by atoms with Crippen molar-refractivity contribution in [2.24, 2.45) is 0 Å². The molecule has 1 fully saturated rings. The van der Waals surface area contributed by atoms with Gasteiger partial charge in [0.25, 0.3) is 0 Å². The number of benzene rings is 3. The number of halogens is 1. The standard InChI is InChI=1S/C33H35FN2O6S/c1-3-24-21-35(15-16-36(24)14-13-30(37)38)17-18-41-25-7-9-26(10-8-25)42-32-28-12-11-27(40-2)20-29(28)43-33(32)31(39)22-5-4-6-23(34)19-22/h4-12,19-20,24H,3,13-18,21H2,1-2H3,(H,37,38). The van der Waals surface area contributed by atoms with E-state index in [1.54, 1.807) is 25.3 Å². The van der Waals surface area contributed by atoms with Gasteiger partial charge in [-0.3, -0.25) is 19.4 Å². The van der Waals surface area contributed by atoms with E-state index < -0.39 is 11.8 Å². The lowest BCUT2D eigenvalue weighted by Gasteiger charge is -2.41. The minimum absolute atomic E-state index is 0.168. The van der Waals surface area contributed by atoms with Crippen molar-refractivity contribution >= 4 is 33.2 Å². The molecule has 0 saturated carbocycles. The van der Waals surface area contributed by atoms with E-state index in [1.807, 2.05) is 30.3 Å². The fourth-order valence-corrected chi connectivity index (χ4v) is 6.41. The molecule has 10 heteroatoms. The van der Waals surface area contributed by atoms with Gasteiger partial charge in [0.15, 0.2) is 5.75 Å². The summed E-state index contributed by atoms with van der Waals surface area (Å²) in [5.41, 5.74) is 0.249. The summed E-state index contributed by atoms with van der Waals surface area (Å²) in [7, 11) is 1.58. The maximum Gasteiger partial charge on any atom is 0.304 e. The number of fused-ring (bicyclic) bond motifs is 1. The highest BCUT2D eigenvalue weighted by Crippen LogP contribution is 2.43. The van der Waals surface area contributed by atoms with Crippen LogP contribution in [-0.2, 0) is 4.79 Å². The van der Waals surface area contributed by atoms with Crippen LogP contribution < -0.4 is 14.2 Å². The molecule has 5 rings (SSSR count). The van der Waals surface area contributed by atoms with Crippen molar-refractivity contribution in [3.05, 3.63) is 83.0 Å². The molecule has 0 radical (unpaired) electrons. The number of carbonyl (C=O) groups excluding carboxylic acids is 1. The molecule has 1 atom stereocenters. The summed E-state index contributed by atoms with van der Waals surface area (Å²) in [6, 6.07) is 18.8. The molecular weight excluding hydrogens is 571 g/mol. The number of methoxy groups -OCH3 is 1. The van der Waals surface area contributed by atoms with E-state index in [4.69, 9.17) is 19.3 Å². The molecule has 8 nitrogen and oxygen atoms in total. The van der Waals surface area contributed by atoms with Crippen molar-refractivity contribution < 1.29 is 33.3 Å². The van der Waals surface area contributed by atoms with Crippen molar-refractivity contribution in [2.75, 3.05) is 46.4 Å². The quantitative estimate of drug-likeness (QED) is 0.177. The van der Waals surface area contributed by atoms with Crippen LogP contribution in [-0.4, -0.2) is 79.1 Å². The molecule has 226 valence electrons. The Balaban J connectivity index is 1.23. The number of carboxylic acids is 1. The Morgan fingerprint density at radius 3 is 2.49 bits per heavy atom. The van der Waals surface area contributed by atoms with E-state index in [9.17, 15) is 14.0 Å². The summed E-state index contributed by atoms with van der Waals surface area (Å²) in [6.07, 6.45) is 1.14. The monoisotopic (exact) mass is 606 g/mol. The van der Waals surface area contributed by atoms with Crippen LogP contribution in [0.5, 0.6) is 23.0 Å². The molecule has 1 unspecified atom stereocenters. The molecule has 1 saturated heterocycles. The number of hydrogen-bond acceptors (Lipinski definition) is 8. The SMILES string of the molecule is CCC1CN(CCOc2ccc(Oc3c(C(=O)c4cccc(F)c4)sc4cc(OC)ccc34)cc2)CCN1CCC(=O)O. The van der Waals surface area contributed by atoms with Gasteiger partial charge in [0.2, 0.25) is 5.78 Å². The molecule has 1 aromatic heterocycles. The molecule has 3 aromatic carbocycles. The third-order valence-electron chi connectivity index (χ3n) is 7.64. The number of thiophene rings is 1. The summed E-state index contributed by atoms with van der Waals surface area (Å²) in [5, 5.41) is 9.78. The first kappa shape index (κ1) is 30.5. The number of hydrogen-bond donors (Lipinski definition) is 1. The summed E-state index contributed by atoms with van der Waals surface area (Å²) >= 11 is 1.28. The Kier molecular flexibility index (Phi) is 9.91. The third kappa shape index (κ3) is 7.51. The van der Waals surface area contributed by atoms with Gasteiger partial charge in [-0.1, -0.05) is 19.1 Å². The second-order valence-electron chi connectivity index (χ2n) is 10.4. The van der Waals surface area contributed by atoms with Gasteiger partial charge >= 0.3 is 5.97 Å². The summed E-state index contributed by atoms with van der Waals surface area (Å²) < 4.78 is 32.4. The molecule has 2 heterocycles. The highest BCUT2D eigenvalue weighted by molar-refractivity contribution is 7.21. The van der Waals surface area contributed by atoms with E-state index >= 15 is 0 Å². The number of nitrogens with zero attached hydrogens (tertiary/aromatic N) is 2. The van der Waals surface area contributed by atoms with Crippen molar-refractivity contribution in [3.63, 3.8) is 0 Å². The zero-order valence-electron chi connectivity index (χ0n) is 24.3. The van der Waals surface area contributed by atoms with Gasteiger partial charge in [-0.15, -0.1) is 11.3 Å². The second kappa shape index (κ2) is 14.0. The number of carbonyl (C=O) groups is 2. The van der Waals surface area contributed by atoms with Crippen molar-refractivity contribution in [1.29, 1.82) is 0 Å². The van der Waals surface area contributed by atoms with Crippen molar-refractivity contribution in [3.8, 4) is 23.0 Å². The van der Waals surface area contributed by atoms with Crippen molar-refractivity contribution in [1.82, 2.24) is 9.80 Å². The lowest BCUT2D eigenvalue weighted by Crippen LogP contribution is -2.53. The third-order valence-corrected chi connectivity index (χ3v) is 8.77. The number of piperazine rings is 1. The molecular formula is C33H35FN2O6S. The van der Waals surface area contributed by atoms with Gasteiger partial charge < -0.3 is 19.3 Å². The molecule has 1 N–H and O–H groups in total. The average molecular weight is 607 g/mol. The van der Waals surface area contributed by atoms with Gasteiger partial charge in [0.05, 0.1) is 13.5 Å². The zero-order chi connectivity index (χ0) is 30.3. The minimum atomic E-state index is -0.760. The number of carboxylic acid groups (broad SMARTS) is 1. The molecule has 0 spiro atoms. The number of ether oxygens (including phenoxy) is 3. The van der Waals surface area contributed by atoms with Gasteiger partial charge in [0, 0.05) is 54.4 Å². The Hall–Kier alpha value is -3.99. The molecule has 43 heavy (non-hydrogen) atoms. The predicted octanol–water partition coefficient (Wildman–Crippen LogP) is 6.32. The van der Waals surface area contributed by atoms with Crippen LogP contribution in [0.4, 0.5) is 4.39 Å². The van der Waals surface area contributed by atoms with Gasteiger partial charge in [-0.2, -0.15) is 0 Å². The lowest BCUT2D eigenvalue weighted by molar-refractivity contribution is -0.137. The molecule has 1 aliphatic rings. The smallest absolute Gasteiger partial charge is 0.304 e. The average Bonchev–Trinajstić information content (AvgIpc) is 3.37. The molecule has 1 aliphatic heterocycles. The fraction of sp³-hybridized carbons (Fsp3) is 0.333. The topological polar surface area (TPSA) is 88.5 Å². The number of rotatable bonds is 13. The number of ketones is 1. The molecule has 4 aromatic rings. The first-order valence-corrected chi connectivity index (χ1v) is 15.2. The maximum atomic E-state index is 13.9. The van der Waals surface area contributed by atoms with Crippen LogP contribution in [0.1, 0.15) is 35.0 Å². The predicted molar refractivity (Wildman–Crippen MR) is 165 cm³/mol. The lowest BCUT2D eigenvalue weighted by atomic mass is 10.1. The minimum Gasteiger partial charge on any atom is -0.497 e. The highest BCUT2D eigenvalue weighted by atomic mass is 32.1. The summed E-state index contributed by atoms with van der Waals surface area (Å²) in [5.74, 6) is 0.770. The molecule has 0 amide bonds. The van der Waals surface area contributed by atoms with Gasteiger partial charge in [0.1, 0.15) is 34.5 Å². The van der Waals surface area contributed by atoms with E-state index in [-0.39, 0.29) is 17.8 Å². The zero-order valence-corrected chi connectivity index (χ0v) is 25.1. The Bertz CT molecular complexity index is 1570. The normalized spacial score (nSPS) is 15.8. The Morgan fingerprint density at radius 1 is 1.00 bits per heavy atom. The Morgan fingerprint density at radius 2 is 1.77 bits per heavy atom. The van der Waals surface area contributed by atoms with Crippen LogP contribution in [0.15, 0.2) is 66.7 Å². The Labute approximate surface area is 254 Å². The first-order valence-electron chi connectivity index (χ1n) is 14.3. The highest BCUT2D eigenvalue weighted by Gasteiger charge is 2.26. The van der Waals surface area contributed by atoms with Crippen LogP contribution in [0, 0.1) is 5.82 Å². The first-order chi connectivity index (χ1) is 20.8. The van der Waals surface area contributed by atoms with Crippen LogP contribution in [0.25, 0.3) is 10.1 Å². The van der Waals surface area contributed by atoms with E-state index in [2.05, 4.69) is 16.7 Å². The van der Waals surface area contributed by atoms with Crippen LogP contribution >= 0.6 is 11.3 Å². The molecule has 0 aliphatic carbocycles. The van der Waals surface area contributed by atoms with E-state index in [1.165, 1.54) is 29.5 Å². The van der Waals surface area contributed by atoms with Crippen LogP contribution in [0.2, 0.25) is 0 Å². The fourth-order valence-electron chi connectivity index (χ4n) is 5.29. The summed E-state index contributed by atoms with van der Waals surface area (Å²) in [6.45, 7) is 6.64. The van der Waals surface area contributed by atoms with Crippen LogP contribution in [0.3, 0.4) is 0 Å². The van der Waals surface area contributed by atoms with Gasteiger partial charge in [-0.05, 0) is 61.0 Å². The van der Waals surface area contributed by atoms with E-state index in [0.717, 1.165) is 42.7 Å². The van der Waals surface area contributed by atoms with E-state index in [0.29, 0.717) is 47.1 Å². The summed E-state index contributed by atoms with van der Waals surface area (Å²) in [4.78, 5) is 29.4. The van der Waals surface area contributed by atoms with Crippen molar-refractivity contribution in [2.45, 2.75) is 25.8 Å². The molecule has 0 bridgehead atoms. The maximum absolute atomic E-state index is 13.9. The second-order valence-corrected chi connectivity index (χ2v) is 11.5. The van der Waals surface area contributed by atoms with Gasteiger partial charge in [-0.25, -0.2) is 4.39 Å². The largest absolute Gasteiger partial charge is 0.497 e.